The number of piperidine rings is 1. The number of hydrogen-bond acceptors (Lipinski definition) is 6. The molecular formula is C16H18ClFN6O. The van der Waals surface area contributed by atoms with Gasteiger partial charge in [0.25, 0.3) is 5.89 Å². The monoisotopic (exact) mass is 364 g/mol. The first kappa shape index (κ1) is 17.5. The molecule has 9 heteroatoms. The summed E-state index contributed by atoms with van der Waals surface area (Å²) in [5.74, 6) is 0.631. The molecule has 132 valence electrons. The van der Waals surface area contributed by atoms with Crippen molar-refractivity contribution in [2.75, 3.05) is 13.1 Å². The topological polar surface area (TPSA) is 81.7 Å². The van der Waals surface area contributed by atoms with Crippen LogP contribution in [0.1, 0.15) is 24.4 Å². The average Bonchev–Trinajstić information content (AvgIpc) is 3.27. The second kappa shape index (κ2) is 7.28. The van der Waals surface area contributed by atoms with Crippen molar-refractivity contribution < 1.29 is 8.91 Å². The van der Waals surface area contributed by atoms with E-state index in [4.69, 9.17) is 4.52 Å². The molecule has 0 spiro atoms. The van der Waals surface area contributed by atoms with Crippen molar-refractivity contribution in [2.45, 2.75) is 25.8 Å². The van der Waals surface area contributed by atoms with E-state index in [2.05, 4.69) is 25.5 Å². The van der Waals surface area contributed by atoms with Crippen molar-refractivity contribution in [3.05, 3.63) is 35.9 Å². The van der Waals surface area contributed by atoms with E-state index in [1.165, 1.54) is 6.07 Å². The molecule has 1 saturated heterocycles. The van der Waals surface area contributed by atoms with E-state index in [1.807, 2.05) is 4.68 Å². The molecule has 4 rings (SSSR count). The molecule has 0 aliphatic carbocycles. The highest BCUT2D eigenvalue weighted by molar-refractivity contribution is 5.85. The van der Waals surface area contributed by atoms with Crippen LogP contribution in [0, 0.1) is 12.7 Å². The molecule has 0 bridgehead atoms. The number of hydrogen-bond donors (Lipinski definition) is 1. The summed E-state index contributed by atoms with van der Waals surface area (Å²) in [6, 6.07) is 5.12. The fourth-order valence-corrected chi connectivity index (χ4v) is 2.77. The molecule has 2 aromatic heterocycles. The van der Waals surface area contributed by atoms with Crippen molar-refractivity contribution in [1.29, 1.82) is 0 Å². The lowest BCUT2D eigenvalue weighted by Crippen LogP contribution is -2.31. The van der Waals surface area contributed by atoms with E-state index in [9.17, 15) is 4.39 Å². The number of rotatable bonds is 3. The van der Waals surface area contributed by atoms with Crippen LogP contribution in [0.15, 0.2) is 29.0 Å². The zero-order valence-corrected chi connectivity index (χ0v) is 14.5. The van der Waals surface area contributed by atoms with E-state index in [0.717, 1.165) is 25.9 Å². The molecule has 1 aliphatic heterocycles. The summed E-state index contributed by atoms with van der Waals surface area (Å²) in [5, 5.41) is 11.7. The van der Waals surface area contributed by atoms with E-state index < -0.39 is 0 Å². The maximum Gasteiger partial charge on any atom is 0.297 e. The van der Waals surface area contributed by atoms with Gasteiger partial charge in [-0.15, -0.1) is 17.5 Å². The summed E-state index contributed by atoms with van der Waals surface area (Å²) in [6.45, 7) is 3.62. The van der Waals surface area contributed by atoms with Crippen LogP contribution in [-0.4, -0.2) is 38.0 Å². The fraction of sp³-hybridized carbons (Fsp3) is 0.375. The van der Waals surface area contributed by atoms with E-state index in [-0.39, 0.29) is 30.2 Å². The quantitative estimate of drug-likeness (QED) is 0.769. The smallest absolute Gasteiger partial charge is 0.297 e. The number of benzene rings is 1. The van der Waals surface area contributed by atoms with E-state index in [0.29, 0.717) is 22.8 Å². The SMILES string of the molecule is Cc1ccc(-c2noc(-c3ncn(C4CCCNC4)n3)n2)cc1F.Cl. The first-order valence-electron chi connectivity index (χ1n) is 7.93. The Balaban J connectivity index is 0.00000182. The molecule has 0 amide bonds. The Labute approximate surface area is 150 Å². The summed E-state index contributed by atoms with van der Waals surface area (Å²) in [4.78, 5) is 8.54. The second-order valence-corrected chi connectivity index (χ2v) is 5.94. The van der Waals surface area contributed by atoms with Crippen LogP contribution >= 0.6 is 12.4 Å². The number of nitrogens with one attached hydrogen (secondary N) is 1. The molecule has 0 saturated carbocycles. The predicted molar refractivity (Wildman–Crippen MR) is 91.8 cm³/mol. The Morgan fingerprint density at radius 2 is 2.20 bits per heavy atom. The van der Waals surface area contributed by atoms with Crippen LogP contribution in [0.3, 0.4) is 0 Å². The zero-order chi connectivity index (χ0) is 16.5. The molecule has 3 aromatic rings. The molecule has 1 N–H and O–H groups in total. The number of aryl methyl sites for hydroxylation is 1. The fourth-order valence-electron chi connectivity index (χ4n) is 2.77. The molecular weight excluding hydrogens is 347 g/mol. The molecule has 1 fully saturated rings. The van der Waals surface area contributed by atoms with Crippen molar-refractivity contribution >= 4 is 12.4 Å². The van der Waals surface area contributed by atoms with Crippen molar-refractivity contribution in [2.24, 2.45) is 0 Å². The maximum absolute atomic E-state index is 13.7. The molecule has 3 heterocycles. The molecule has 1 unspecified atom stereocenters. The second-order valence-electron chi connectivity index (χ2n) is 5.94. The number of aromatic nitrogens is 5. The molecule has 1 aromatic carbocycles. The lowest BCUT2D eigenvalue weighted by molar-refractivity contribution is 0.345. The molecule has 1 atom stereocenters. The van der Waals surface area contributed by atoms with Gasteiger partial charge in [-0.25, -0.2) is 14.1 Å². The molecule has 25 heavy (non-hydrogen) atoms. The van der Waals surface area contributed by atoms with Gasteiger partial charge >= 0.3 is 0 Å². The van der Waals surface area contributed by atoms with Gasteiger partial charge in [-0.05, 0) is 37.9 Å². The van der Waals surface area contributed by atoms with Crippen LogP contribution in [0.5, 0.6) is 0 Å². The third-order valence-electron chi connectivity index (χ3n) is 4.20. The van der Waals surface area contributed by atoms with Gasteiger partial charge < -0.3 is 9.84 Å². The zero-order valence-electron chi connectivity index (χ0n) is 13.6. The first-order chi connectivity index (χ1) is 11.7. The predicted octanol–water partition coefficient (Wildman–Crippen LogP) is 2.79. The minimum absolute atomic E-state index is 0. The molecule has 0 radical (unpaired) electrons. The summed E-state index contributed by atoms with van der Waals surface area (Å²) in [5.41, 5.74) is 1.13. The highest BCUT2D eigenvalue weighted by Crippen LogP contribution is 2.23. The van der Waals surface area contributed by atoms with Crippen molar-refractivity contribution in [1.82, 2.24) is 30.2 Å². The van der Waals surface area contributed by atoms with Crippen molar-refractivity contribution in [3.8, 4) is 23.1 Å². The third-order valence-corrected chi connectivity index (χ3v) is 4.20. The van der Waals surface area contributed by atoms with Gasteiger partial charge in [-0.2, -0.15) is 4.98 Å². The van der Waals surface area contributed by atoms with E-state index >= 15 is 0 Å². The number of halogens is 2. The van der Waals surface area contributed by atoms with Gasteiger partial charge in [-0.3, -0.25) is 0 Å². The van der Waals surface area contributed by atoms with Crippen molar-refractivity contribution in [3.63, 3.8) is 0 Å². The minimum atomic E-state index is -0.300. The summed E-state index contributed by atoms with van der Waals surface area (Å²) in [6.07, 6.45) is 3.86. The highest BCUT2D eigenvalue weighted by Gasteiger charge is 2.19. The molecule has 1 aliphatic rings. The average molecular weight is 365 g/mol. The van der Waals surface area contributed by atoms with Gasteiger partial charge in [-0.1, -0.05) is 17.3 Å². The Bertz CT molecular complexity index is 858. The van der Waals surface area contributed by atoms with Gasteiger partial charge in [0.1, 0.15) is 12.1 Å². The summed E-state index contributed by atoms with van der Waals surface area (Å²) >= 11 is 0. The van der Waals surface area contributed by atoms with Crippen LogP contribution in [0.2, 0.25) is 0 Å². The van der Waals surface area contributed by atoms with Gasteiger partial charge in [0, 0.05) is 12.1 Å². The lowest BCUT2D eigenvalue weighted by atomic mass is 10.1. The standard InChI is InChI=1S/C16H17FN6O.ClH/c1-10-4-5-11(7-13(10)17)14-20-16(24-22-14)15-19-9-23(21-15)12-3-2-6-18-8-12;/h4-5,7,9,12,18H,2-3,6,8H2,1H3;1H. The Morgan fingerprint density at radius 1 is 1.32 bits per heavy atom. The van der Waals surface area contributed by atoms with Gasteiger partial charge in [0.2, 0.25) is 11.6 Å². The van der Waals surface area contributed by atoms with Crippen LogP contribution in [0.25, 0.3) is 23.1 Å². The lowest BCUT2D eigenvalue weighted by Gasteiger charge is -2.22. The normalized spacial score (nSPS) is 17.3. The third kappa shape index (κ3) is 3.54. The highest BCUT2D eigenvalue weighted by atomic mass is 35.5. The Morgan fingerprint density at radius 3 is 2.96 bits per heavy atom. The van der Waals surface area contributed by atoms with Gasteiger partial charge in [0.15, 0.2) is 0 Å². The van der Waals surface area contributed by atoms with Crippen LogP contribution in [-0.2, 0) is 0 Å². The summed E-state index contributed by atoms with van der Waals surface area (Å²) < 4.78 is 20.8. The largest absolute Gasteiger partial charge is 0.330 e. The Kier molecular flexibility index (Phi) is 5.10. The Hall–Kier alpha value is -2.32. The van der Waals surface area contributed by atoms with Crippen LogP contribution < -0.4 is 5.32 Å². The van der Waals surface area contributed by atoms with Gasteiger partial charge in [0.05, 0.1) is 6.04 Å². The summed E-state index contributed by atoms with van der Waals surface area (Å²) in [7, 11) is 0. The van der Waals surface area contributed by atoms with E-state index in [1.54, 1.807) is 25.4 Å². The van der Waals surface area contributed by atoms with Crippen LogP contribution in [0.4, 0.5) is 4.39 Å². The minimum Gasteiger partial charge on any atom is -0.330 e. The number of nitrogens with zero attached hydrogens (tertiary/aromatic N) is 5. The molecule has 7 nitrogen and oxygen atoms in total. The maximum atomic E-state index is 13.7. The first-order valence-corrected chi connectivity index (χ1v) is 7.93.